The van der Waals surface area contributed by atoms with Crippen LogP contribution in [-0.4, -0.2) is 9.97 Å². The van der Waals surface area contributed by atoms with Gasteiger partial charge in [-0.25, -0.2) is 9.97 Å². The molecule has 0 amide bonds. The molecular weight excluding hydrogens is 272 g/mol. The summed E-state index contributed by atoms with van der Waals surface area (Å²) >= 11 is 0. The van der Waals surface area contributed by atoms with Crippen LogP contribution in [0.25, 0.3) is 0 Å². The number of hydrogen-bond acceptors (Lipinski definition) is 3. The van der Waals surface area contributed by atoms with Gasteiger partial charge in [0, 0.05) is 18.8 Å². The predicted molar refractivity (Wildman–Crippen MR) is 86.7 cm³/mol. The number of para-hydroxylation sites is 1. The van der Waals surface area contributed by atoms with Crippen LogP contribution in [0.2, 0.25) is 0 Å². The Balaban J connectivity index is 1.65. The molecule has 3 rings (SSSR count). The second-order valence-corrected chi connectivity index (χ2v) is 5.05. The molecule has 0 saturated carbocycles. The highest BCUT2D eigenvalue weighted by Gasteiger charge is 2.05. The summed E-state index contributed by atoms with van der Waals surface area (Å²) in [6.07, 6.45) is 5.24. The highest BCUT2D eigenvalue weighted by atomic mass is 16.5. The molecule has 0 atom stereocenters. The van der Waals surface area contributed by atoms with Crippen molar-refractivity contribution >= 4 is 0 Å². The lowest BCUT2D eigenvalue weighted by Crippen LogP contribution is -2.01. The van der Waals surface area contributed by atoms with Crippen molar-refractivity contribution in [2.45, 2.75) is 19.4 Å². The Hall–Kier alpha value is -2.68. The van der Waals surface area contributed by atoms with Crippen molar-refractivity contribution in [1.29, 1.82) is 0 Å². The number of rotatable bonds is 6. The van der Waals surface area contributed by atoms with Gasteiger partial charge in [-0.2, -0.15) is 0 Å². The van der Waals surface area contributed by atoms with Crippen LogP contribution in [-0.2, 0) is 19.4 Å². The van der Waals surface area contributed by atoms with Crippen LogP contribution in [0.15, 0.2) is 73.1 Å². The quantitative estimate of drug-likeness (QED) is 0.692. The zero-order valence-electron chi connectivity index (χ0n) is 12.4. The molecule has 0 aliphatic rings. The summed E-state index contributed by atoms with van der Waals surface area (Å²) in [4.78, 5) is 8.53. The fraction of sp³-hybridized carbons (Fsp3) is 0.158. The van der Waals surface area contributed by atoms with Gasteiger partial charge >= 0.3 is 0 Å². The third kappa shape index (κ3) is 3.92. The molecule has 0 radical (unpaired) electrons. The first kappa shape index (κ1) is 14.3. The van der Waals surface area contributed by atoms with Crippen molar-refractivity contribution in [2.24, 2.45) is 0 Å². The van der Waals surface area contributed by atoms with Gasteiger partial charge in [0.1, 0.15) is 18.2 Å². The molecule has 1 aromatic heterocycles. The Morgan fingerprint density at radius 1 is 0.727 bits per heavy atom. The summed E-state index contributed by atoms with van der Waals surface area (Å²) in [6, 6.07) is 20.2. The first-order chi connectivity index (χ1) is 10.9. The minimum atomic E-state index is 0.583. The van der Waals surface area contributed by atoms with Gasteiger partial charge < -0.3 is 4.74 Å². The van der Waals surface area contributed by atoms with E-state index in [-0.39, 0.29) is 0 Å². The van der Waals surface area contributed by atoms with Crippen molar-refractivity contribution in [2.75, 3.05) is 0 Å². The van der Waals surface area contributed by atoms with Crippen molar-refractivity contribution in [3.63, 3.8) is 0 Å². The molecule has 0 spiro atoms. The number of nitrogens with zero attached hydrogens (tertiary/aromatic N) is 2. The van der Waals surface area contributed by atoms with E-state index in [1.165, 1.54) is 11.1 Å². The Morgan fingerprint density at radius 2 is 1.45 bits per heavy atom. The zero-order chi connectivity index (χ0) is 15.0. The molecule has 22 heavy (non-hydrogen) atoms. The monoisotopic (exact) mass is 290 g/mol. The predicted octanol–water partition coefficient (Wildman–Crippen LogP) is 3.84. The Kier molecular flexibility index (Phi) is 4.77. The molecule has 0 unspecified atom stereocenters. The Labute approximate surface area is 130 Å². The zero-order valence-corrected chi connectivity index (χ0v) is 12.4. The normalized spacial score (nSPS) is 10.4. The van der Waals surface area contributed by atoms with E-state index in [0.717, 1.165) is 24.4 Å². The number of aromatic nitrogens is 2. The molecule has 0 aliphatic carbocycles. The van der Waals surface area contributed by atoms with Gasteiger partial charge in [-0.3, -0.25) is 0 Å². The Morgan fingerprint density at radius 3 is 2.27 bits per heavy atom. The number of aryl methyl sites for hydroxylation is 2. The molecule has 1 heterocycles. The van der Waals surface area contributed by atoms with Crippen molar-refractivity contribution in [3.05, 3.63) is 90.0 Å². The van der Waals surface area contributed by atoms with Crippen LogP contribution in [0.4, 0.5) is 0 Å². The van der Waals surface area contributed by atoms with Gasteiger partial charge in [-0.05, 0) is 29.7 Å². The molecular formula is C19H18N2O. The second-order valence-electron chi connectivity index (χ2n) is 5.05. The van der Waals surface area contributed by atoms with E-state index in [9.17, 15) is 0 Å². The summed E-state index contributed by atoms with van der Waals surface area (Å²) < 4.78 is 5.97. The maximum Gasteiger partial charge on any atom is 0.128 e. The summed E-state index contributed by atoms with van der Waals surface area (Å²) in [6.45, 7) is 0.583. The van der Waals surface area contributed by atoms with Crippen LogP contribution >= 0.6 is 0 Å². The topological polar surface area (TPSA) is 35.0 Å². The largest absolute Gasteiger partial charge is 0.489 e. The van der Waals surface area contributed by atoms with Crippen LogP contribution in [0.5, 0.6) is 5.75 Å². The molecule has 0 bridgehead atoms. The van der Waals surface area contributed by atoms with Crippen LogP contribution in [0, 0.1) is 0 Å². The molecule has 0 N–H and O–H groups in total. The maximum absolute atomic E-state index is 5.97. The smallest absolute Gasteiger partial charge is 0.128 e. The molecule has 110 valence electrons. The van der Waals surface area contributed by atoms with Crippen LogP contribution < -0.4 is 4.74 Å². The Bertz CT molecular complexity index is 636. The molecule has 0 fully saturated rings. The number of hydrogen-bond donors (Lipinski definition) is 0. The van der Waals surface area contributed by atoms with Crippen molar-refractivity contribution in [1.82, 2.24) is 9.97 Å². The third-order valence-electron chi connectivity index (χ3n) is 3.45. The fourth-order valence-electron chi connectivity index (χ4n) is 2.29. The third-order valence-corrected chi connectivity index (χ3v) is 3.45. The van der Waals surface area contributed by atoms with Gasteiger partial charge in [0.25, 0.3) is 0 Å². The van der Waals surface area contributed by atoms with Gasteiger partial charge in [-0.1, -0.05) is 48.5 Å². The standard InChI is InChI=1S/C19H18N2O/c1-2-7-16(8-3-1)15-22-18-10-5-4-9-17(18)11-12-19-20-13-6-14-21-19/h1-10,13-14H,11-12,15H2. The molecule has 3 heteroatoms. The lowest BCUT2D eigenvalue weighted by atomic mass is 10.1. The van der Waals surface area contributed by atoms with Gasteiger partial charge in [0.05, 0.1) is 0 Å². The van der Waals surface area contributed by atoms with E-state index in [2.05, 4.69) is 28.2 Å². The minimum Gasteiger partial charge on any atom is -0.489 e. The van der Waals surface area contributed by atoms with Gasteiger partial charge in [0.15, 0.2) is 0 Å². The lowest BCUT2D eigenvalue weighted by molar-refractivity contribution is 0.303. The lowest BCUT2D eigenvalue weighted by Gasteiger charge is -2.11. The van der Waals surface area contributed by atoms with Gasteiger partial charge in [0.2, 0.25) is 0 Å². The highest BCUT2D eigenvalue weighted by molar-refractivity contribution is 5.34. The van der Waals surface area contributed by atoms with Crippen molar-refractivity contribution in [3.8, 4) is 5.75 Å². The van der Waals surface area contributed by atoms with E-state index in [1.807, 2.05) is 42.5 Å². The summed E-state index contributed by atoms with van der Waals surface area (Å²) in [7, 11) is 0. The first-order valence-electron chi connectivity index (χ1n) is 7.42. The summed E-state index contributed by atoms with van der Waals surface area (Å²) in [5, 5.41) is 0. The molecule has 3 aromatic rings. The van der Waals surface area contributed by atoms with Crippen LogP contribution in [0.3, 0.4) is 0 Å². The second kappa shape index (κ2) is 7.36. The maximum atomic E-state index is 5.97. The van der Waals surface area contributed by atoms with E-state index < -0.39 is 0 Å². The average molecular weight is 290 g/mol. The minimum absolute atomic E-state index is 0.583. The highest BCUT2D eigenvalue weighted by Crippen LogP contribution is 2.20. The molecule has 3 nitrogen and oxygen atoms in total. The van der Waals surface area contributed by atoms with E-state index in [1.54, 1.807) is 12.4 Å². The molecule has 2 aromatic carbocycles. The summed E-state index contributed by atoms with van der Waals surface area (Å²) in [5.74, 6) is 1.79. The SMILES string of the molecule is c1ccc(COc2ccccc2CCc2ncccn2)cc1. The number of benzene rings is 2. The van der Waals surface area contributed by atoms with Crippen molar-refractivity contribution < 1.29 is 4.74 Å². The van der Waals surface area contributed by atoms with E-state index in [0.29, 0.717) is 6.61 Å². The summed E-state index contributed by atoms with van der Waals surface area (Å²) in [5.41, 5.74) is 2.36. The first-order valence-corrected chi connectivity index (χ1v) is 7.42. The van der Waals surface area contributed by atoms with Gasteiger partial charge in [-0.15, -0.1) is 0 Å². The van der Waals surface area contributed by atoms with E-state index in [4.69, 9.17) is 4.74 Å². The molecule has 0 saturated heterocycles. The molecule has 0 aliphatic heterocycles. The average Bonchev–Trinajstić information content (AvgIpc) is 2.61. The number of ether oxygens (including phenoxy) is 1. The van der Waals surface area contributed by atoms with Crippen LogP contribution in [0.1, 0.15) is 17.0 Å². The fourth-order valence-corrected chi connectivity index (χ4v) is 2.29. The van der Waals surface area contributed by atoms with E-state index >= 15 is 0 Å².